The molecule has 0 radical (unpaired) electrons. The van der Waals surface area contributed by atoms with Gasteiger partial charge in [0, 0.05) is 61.2 Å². The van der Waals surface area contributed by atoms with Crippen LogP contribution in [-0.2, 0) is 44.7 Å². The second-order valence-electron chi connectivity index (χ2n) is 15.3. The second kappa shape index (κ2) is 27.5. The highest BCUT2D eigenvalue weighted by molar-refractivity contribution is 8.00. The number of amides is 3. The quantitative estimate of drug-likeness (QED) is 0.0660. The van der Waals surface area contributed by atoms with Crippen LogP contribution in [0, 0.1) is 17.0 Å². The van der Waals surface area contributed by atoms with Crippen LogP contribution in [0.4, 0.5) is 8.78 Å². The van der Waals surface area contributed by atoms with Gasteiger partial charge < -0.3 is 49.9 Å². The zero-order chi connectivity index (χ0) is 44.6. The number of halogens is 2. The van der Waals surface area contributed by atoms with E-state index in [2.05, 4.69) is 10.6 Å². The molecule has 3 aromatic rings. The second-order valence-corrected chi connectivity index (χ2v) is 16.3. The van der Waals surface area contributed by atoms with Gasteiger partial charge in [-0.1, -0.05) is 58.0 Å². The predicted molar refractivity (Wildman–Crippen MR) is 231 cm³/mol. The van der Waals surface area contributed by atoms with Crippen LogP contribution in [0.3, 0.4) is 0 Å². The van der Waals surface area contributed by atoms with E-state index in [1.807, 2.05) is 55.7 Å². The summed E-state index contributed by atoms with van der Waals surface area (Å²) in [5.41, 5.74) is 7.63. The molecule has 3 rings (SSSR count). The molecule has 0 saturated heterocycles. The van der Waals surface area contributed by atoms with E-state index in [4.69, 9.17) is 24.7 Å². The Bertz CT molecular complexity index is 1790. The molecule has 1 unspecified atom stereocenters. The zero-order valence-electron chi connectivity index (χ0n) is 35.8. The molecule has 14 nitrogen and oxygen atoms in total. The molecule has 3 amide bonds. The van der Waals surface area contributed by atoms with Gasteiger partial charge in [0.2, 0.25) is 17.7 Å². The van der Waals surface area contributed by atoms with Crippen molar-refractivity contribution < 1.29 is 52.0 Å². The largest absolute Gasteiger partial charge is 0.480 e. The fourth-order valence-electron chi connectivity index (χ4n) is 6.37. The van der Waals surface area contributed by atoms with Gasteiger partial charge in [0.1, 0.15) is 17.7 Å². The smallest absolute Gasteiger partial charge is 0.327 e. The maximum absolute atomic E-state index is 15.1. The lowest BCUT2D eigenvalue weighted by Crippen LogP contribution is -2.45. The summed E-state index contributed by atoms with van der Waals surface area (Å²) in [6.07, 6.45) is 2.63. The third-order valence-electron chi connectivity index (χ3n) is 9.32. The van der Waals surface area contributed by atoms with Crippen molar-refractivity contribution in [2.24, 2.45) is 11.1 Å². The number of carbonyl (C=O) groups is 4. The number of nitrogens with one attached hydrogen (secondary N) is 2. The molecule has 0 aliphatic heterocycles. The molecule has 0 saturated carbocycles. The number of hydrogen-bond acceptors (Lipinski definition) is 10. The van der Waals surface area contributed by atoms with Crippen molar-refractivity contribution in [3.8, 4) is 11.1 Å². The Morgan fingerprint density at radius 3 is 2.13 bits per heavy atom. The minimum Gasteiger partial charge on any atom is -0.480 e. The third kappa shape index (κ3) is 18.6. The predicted octanol–water partition coefficient (Wildman–Crippen LogP) is 5.03. The topological polar surface area (TPSA) is 184 Å². The van der Waals surface area contributed by atoms with E-state index in [-0.39, 0.29) is 55.1 Å². The van der Waals surface area contributed by atoms with E-state index >= 15 is 4.39 Å². The zero-order valence-corrected chi connectivity index (χ0v) is 36.6. The van der Waals surface area contributed by atoms with E-state index in [9.17, 15) is 28.7 Å². The number of ether oxygens (including phenoxy) is 4. The number of rotatable bonds is 30. The molecule has 1 aromatic heterocycles. The van der Waals surface area contributed by atoms with Crippen molar-refractivity contribution in [2.75, 3.05) is 84.0 Å². The van der Waals surface area contributed by atoms with Gasteiger partial charge in [-0.05, 0) is 48.2 Å². The van der Waals surface area contributed by atoms with Gasteiger partial charge in [0.15, 0.2) is 0 Å². The Hall–Kier alpha value is -4.39. The number of hydrogen-bond donors (Lipinski definition) is 4. The van der Waals surface area contributed by atoms with Crippen LogP contribution in [0.2, 0.25) is 0 Å². The number of carbonyl (C=O) groups excluding carboxylic acids is 3. The molecule has 0 fully saturated rings. The molecular formula is C44H63F2N5O9S. The summed E-state index contributed by atoms with van der Waals surface area (Å²) >= 11 is 1.09. The van der Waals surface area contributed by atoms with Gasteiger partial charge in [-0.15, -0.1) is 11.8 Å². The van der Waals surface area contributed by atoms with E-state index < -0.39 is 41.0 Å². The number of carboxylic acid groups (broad SMARTS) is 1. The van der Waals surface area contributed by atoms with Crippen molar-refractivity contribution in [3.05, 3.63) is 83.7 Å². The molecule has 0 bridgehead atoms. The van der Waals surface area contributed by atoms with Crippen LogP contribution in [0.1, 0.15) is 64.3 Å². The highest BCUT2D eigenvalue weighted by Crippen LogP contribution is 2.41. The molecule has 0 aliphatic rings. The summed E-state index contributed by atoms with van der Waals surface area (Å²) in [6, 6.07) is 13.0. The first-order valence-electron chi connectivity index (χ1n) is 20.6. The average Bonchev–Trinajstić information content (AvgIpc) is 3.62. The standard InChI is InChI=1S/C44H63F2N5O9S/c1-5-39(52)48-16-19-58-21-23-60-25-24-59-22-20-57-18-14-40(53)49-37(43(55)56)30-61-31-41(54)51(17-9-15-47)42(44(2,3)4)38-26-33(35-27-34(45)12-13-36(35)46)29-50(38)28-32-10-7-6-8-11-32/h6-8,10-13,26-27,29,37,42H,5,9,14-25,28,30-31,47H2,1-4H3,(H,48,52)(H,49,53)(H,55,56)/t37?,42-/m0/s1. The molecule has 1 heterocycles. The molecule has 2 atom stereocenters. The van der Waals surface area contributed by atoms with Gasteiger partial charge in [-0.2, -0.15) is 0 Å². The van der Waals surface area contributed by atoms with Crippen LogP contribution >= 0.6 is 11.8 Å². The Morgan fingerprint density at radius 2 is 1.52 bits per heavy atom. The van der Waals surface area contributed by atoms with E-state index in [1.54, 1.807) is 24.1 Å². The van der Waals surface area contributed by atoms with Gasteiger partial charge in [0.05, 0.1) is 64.6 Å². The van der Waals surface area contributed by atoms with Crippen molar-refractivity contribution >= 4 is 35.5 Å². The molecule has 338 valence electrons. The number of benzene rings is 2. The average molecular weight is 876 g/mol. The number of aliphatic carboxylic acids is 1. The Balaban J connectivity index is 1.54. The number of aromatic nitrogens is 1. The minimum atomic E-state index is -1.25. The number of nitrogens with zero attached hydrogens (tertiary/aromatic N) is 2. The lowest BCUT2D eigenvalue weighted by atomic mass is 9.83. The molecule has 61 heavy (non-hydrogen) atoms. The Morgan fingerprint density at radius 1 is 0.885 bits per heavy atom. The van der Waals surface area contributed by atoms with Crippen LogP contribution < -0.4 is 16.4 Å². The molecular weight excluding hydrogens is 813 g/mol. The molecule has 0 spiro atoms. The summed E-state index contributed by atoms with van der Waals surface area (Å²) in [6.45, 7) is 11.7. The summed E-state index contributed by atoms with van der Waals surface area (Å²) in [7, 11) is 0. The Labute approximate surface area is 362 Å². The summed E-state index contributed by atoms with van der Waals surface area (Å²) < 4.78 is 53.2. The lowest BCUT2D eigenvalue weighted by molar-refractivity contribution is -0.141. The monoisotopic (exact) mass is 875 g/mol. The van der Waals surface area contributed by atoms with Gasteiger partial charge in [-0.3, -0.25) is 14.4 Å². The van der Waals surface area contributed by atoms with E-state index in [0.717, 1.165) is 35.5 Å². The van der Waals surface area contributed by atoms with Crippen molar-refractivity contribution in [1.29, 1.82) is 0 Å². The molecule has 5 N–H and O–H groups in total. The third-order valence-corrected chi connectivity index (χ3v) is 10.3. The first-order chi connectivity index (χ1) is 29.2. The van der Waals surface area contributed by atoms with Gasteiger partial charge in [0.25, 0.3) is 0 Å². The van der Waals surface area contributed by atoms with Crippen LogP contribution in [0.15, 0.2) is 60.8 Å². The van der Waals surface area contributed by atoms with Crippen LogP contribution in [0.5, 0.6) is 0 Å². The molecule has 0 aliphatic carbocycles. The first-order valence-corrected chi connectivity index (χ1v) is 21.8. The van der Waals surface area contributed by atoms with Crippen molar-refractivity contribution in [2.45, 2.75) is 65.6 Å². The van der Waals surface area contributed by atoms with Crippen LogP contribution in [0.25, 0.3) is 11.1 Å². The highest BCUT2D eigenvalue weighted by atomic mass is 32.2. The summed E-state index contributed by atoms with van der Waals surface area (Å²) in [5.74, 6) is -3.32. The van der Waals surface area contributed by atoms with Crippen molar-refractivity contribution in [3.63, 3.8) is 0 Å². The fourth-order valence-corrected chi connectivity index (χ4v) is 7.29. The van der Waals surface area contributed by atoms with E-state index in [1.165, 1.54) is 0 Å². The lowest BCUT2D eigenvalue weighted by Gasteiger charge is -2.41. The number of carboxylic acids is 1. The SMILES string of the molecule is CCC(=O)NCCOCCOCCOCCOCCC(=O)NC(CSCC(=O)N(CCCN)[C@@H](c1cc(-c2cc(F)ccc2F)cn1Cc1ccccc1)C(C)(C)C)C(=O)O. The number of thioether (sulfide) groups is 1. The van der Waals surface area contributed by atoms with Crippen LogP contribution in [-0.4, -0.2) is 128 Å². The normalized spacial score (nSPS) is 12.5. The Kier molecular flexibility index (Phi) is 23.0. The highest BCUT2D eigenvalue weighted by Gasteiger charge is 2.37. The minimum absolute atomic E-state index is 0.0213. The van der Waals surface area contributed by atoms with E-state index in [0.29, 0.717) is 83.3 Å². The van der Waals surface area contributed by atoms with Crippen molar-refractivity contribution in [1.82, 2.24) is 20.1 Å². The maximum atomic E-state index is 15.1. The molecule has 2 aromatic carbocycles. The van der Waals surface area contributed by atoms with Gasteiger partial charge >= 0.3 is 5.97 Å². The fraction of sp³-hybridized carbons (Fsp3) is 0.545. The molecule has 17 heteroatoms. The first kappa shape index (κ1) is 51.0. The van der Waals surface area contributed by atoms with Gasteiger partial charge in [-0.25, -0.2) is 13.6 Å². The number of nitrogens with two attached hydrogens (primary N) is 1. The summed E-state index contributed by atoms with van der Waals surface area (Å²) in [5, 5.41) is 15.1. The maximum Gasteiger partial charge on any atom is 0.327 e. The summed E-state index contributed by atoms with van der Waals surface area (Å²) in [4.78, 5) is 51.8.